The number of hydrogen-bond donors (Lipinski definition) is 3. The molecule has 0 saturated carbocycles. The zero-order chi connectivity index (χ0) is 11.2. The van der Waals surface area contributed by atoms with Gasteiger partial charge in [-0.05, 0) is 32.5 Å². The van der Waals surface area contributed by atoms with E-state index in [1.807, 2.05) is 0 Å². The van der Waals surface area contributed by atoms with E-state index in [-0.39, 0.29) is 18.9 Å². The first-order chi connectivity index (χ1) is 7.41. The molecule has 0 aliphatic heterocycles. The molecule has 0 radical (unpaired) electrons. The van der Waals surface area contributed by atoms with E-state index in [0.29, 0.717) is 0 Å². The Bertz CT molecular complexity index is 100. The molecule has 0 bridgehead atoms. The average Bonchev–Trinajstić information content (AvgIpc) is 2.26. The van der Waals surface area contributed by atoms with E-state index in [0.717, 1.165) is 32.5 Å². The van der Waals surface area contributed by atoms with Gasteiger partial charge in [0.1, 0.15) is 0 Å². The first-order valence-corrected chi connectivity index (χ1v) is 6.36. The Morgan fingerprint density at radius 1 is 0.812 bits per heavy atom. The predicted octanol–water partition coefficient (Wildman–Crippen LogP) is -1.22. The van der Waals surface area contributed by atoms with E-state index in [9.17, 15) is 0 Å². The first kappa shape index (κ1) is 18.8. The Labute approximate surface area is 113 Å². The summed E-state index contributed by atoms with van der Waals surface area (Å²) in [5.41, 5.74) is 10.7. The summed E-state index contributed by atoms with van der Waals surface area (Å²) in [6.45, 7) is 4.83. The molecule has 16 heavy (non-hydrogen) atoms. The van der Waals surface area contributed by atoms with E-state index >= 15 is 0 Å². The van der Waals surface area contributed by atoms with Crippen molar-refractivity contribution >= 4 is 0 Å². The van der Waals surface area contributed by atoms with Gasteiger partial charge in [-0.2, -0.15) is 6.42 Å². The van der Waals surface area contributed by atoms with Gasteiger partial charge >= 0.3 is 18.9 Å². The van der Waals surface area contributed by atoms with Crippen LogP contribution in [0.5, 0.6) is 0 Å². The van der Waals surface area contributed by atoms with Crippen LogP contribution in [0.2, 0.25) is 0 Å². The second-order valence-corrected chi connectivity index (χ2v) is 4.04. The van der Waals surface area contributed by atoms with Gasteiger partial charge in [-0.1, -0.05) is 32.1 Å². The second-order valence-electron chi connectivity index (χ2n) is 4.04. The monoisotopic (exact) mass is 221 g/mol. The fraction of sp³-hybridized carbons (Fsp3) is 0.917. The van der Waals surface area contributed by atoms with Crippen LogP contribution in [0.4, 0.5) is 0 Å². The normalized spacial score (nSPS) is 10.1. The minimum Gasteiger partial charge on any atom is -0.483 e. The fourth-order valence-corrected chi connectivity index (χ4v) is 1.57. The van der Waals surface area contributed by atoms with Crippen LogP contribution in [0.25, 0.3) is 0 Å². The second kappa shape index (κ2) is 17.9. The van der Waals surface area contributed by atoms with E-state index in [2.05, 4.69) is 5.32 Å². The molecular formula is C12H28LiN3. The number of unbranched alkanes of at least 4 members (excludes halogenated alkanes) is 6. The van der Waals surface area contributed by atoms with Gasteiger partial charge in [0.25, 0.3) is 0 Å². The molecule has 0 fully saturated rings. The molecule has 0 spiro atoms. The number of hydrogen-bond acceptors (Lipinski definition) is 3. The molecule has 0 atom stereocenters. The molecule has 0 unspecified atom stereocenters. The van der Waals surface area contributed by atoms with Crippen molar-refractivity contribution in [2.75, 3.05) is 19.6 Å². The zero-order valence-corrected chi connectivity index (χ0v) is 11.0. The van der Waals surface area contributed by atoms with Gasteiger partial charge in [-0.15, -0.1) is 0 Å². The van der Waals surface area contributed by atoms with Gasteiger partial charge < -0.3 is 16.8 Å². The van der Waals surface area contributed by atoms with Gasteiger partial charge in [0.2, 0.25) is 0 Å². The van der Waals surface area contributed by atoms with E-state index < -0.39 is 0 Å². The van der Waals surface area contributed by atoms with Gasteiger partial charge in [-0.25, -0.2) is 0 Å². The van der Waals surface area contributed by atoms with E-state index in [4.69, 9.17) is 11.5 Å². The van der Waals surface area contributed by atoms with Crippen LogP contribution in [-0.2, 0) is 0 Å². The summed E-state index contributed by atoms with van der Waals surface area (Å²) in [4.78, 5) is 0. The van der Waals surface area contributed by atoms with Gasteiger partial charge in [0.05, 0.1) is 0 Å². The number of rotatable bonds is 12. The molecule has 0 aromatic rings. The number of nitrogens with two attached hydrogens (primary N) is 2. The molecule has 4 heteroatoms. The van der Waals surface area contributed by atoms with Crippen LogP contribution in [0.15, 0.2) is 0 Å². The fourth-order valence-electron chi connectivity index (χ4n) is 1.57. The van der Waals surface area contributed by atoms with E-state index in [1.165, 1.54) is 38.5 Å². The molecule has 3 nitrogen and oxygen atoms in total. The maximum atomic E-state index is 5.43. The molecule has 0 rings (SSSR count). The largest absolute Gasteiger partial charge is 1.00 e. The predicted molar refractivity (Wildman–Crippen MR) is 67.3 cm³/mol. The van der Waals surface area contributed by atoms with Crippen LogP contribution in [-0.4, -0.2) is 19.6 Å². The summed E-state index contributed by atoms with van der Waals surface area (Å²) >= 11 is 0. The Kier molecular flexibility index (Phi) is 21.0. The molecule has 0 aromatic heterocycles. The Balaban J connectivity index is 0. The van der Waals surface area contributed by atoms with Crippen molar-refractivity contribution in [3.63, 3.8) is 0 Å². The molecule has 0 heterocycles. The molecule has 5 N–H and O–H groups in total. The molecule has 92 valence electrons. The van der Waals surface area contributed by atoms with Crippen LogP contribution in [0.3, 0.4) is 0 Å². The maximum absolute atomic E-state index is 5.43. The van der Waals surface area contributed by atoms with Crippen LogP contribution < -0.4 is 35.6 Å². The third kappa shape index (κ3) is 16.9. The van der Waals surface area contributed by atoms with Gasteiger partial charge in [0, 0.05) is 0 Å². The summed E-state index contributed by atoms with van der Waals surface area (Å²) in [6, 6.07) is 0. The van der Waals surface area contributed by atoms with Crippen molar-refractivity contribution in [2.24, 2.45) is 11.5 Å². The van der Waals surface area contributed by atoms with Crippen molar-refractivity contribution < 1.29 is 18.9 Å². The molecule has 0 aliphatic rings. The summed E-state index contributed by atoms with van der Waals surface area (Å²) < 4.78 is 0. The van der Waals surface area contributed by atoms with Gasteiger partial charge in [-0.3, -0.25) is 6.54 Å². The Morgan fingerprint density at radius 3 is 2.00 bits per heavy atom. The quantitative estimate of drug-likeness (QED) is 0.220. The van der Waals surface area contributed by atoms with Crippen LogP contribution in [0.1, 0.15) is 51.4 Å². The van der Waals surface area contributed by atoms with Crippen molar-refractivity contribution in [1.29, 1.82) is 0 Å². The third-order valence-corrected chi connectivity index (χ3v) is 2.53. The van der Waals surface area contributed by atoms with Crippen LogP contribution in [0, 0.1) is 6.54 Å². The topological polar surface area (TPSA) is 64.1 Å². The van der Waals surface area contributed by atoms with Crippen molar-refractivity contribution in [1.82, 2.24) is 5.32 Å². The molecular weight excluding hydrogens is 193 g/mol. The summed E-state index contributed by atoms with van der Waals surface area (Å²) in [6.07, 6.45) is 10.0. The summed E-state index contributed by atoms with van der Waals surface area (Å²) in [5.74, 6) is 0. The van der Waals surface area contributed by atoms with Crippen LogP contribution >= 0.6 is 0 Å². The molecule has 0 aliphatic carbocycles. The average molecular weight is 221 g/mol. The number of nitrogens with one attached hydrogen (secondary N) is 1. The Morgan fingerprint density at radius 2 is 1.38 bits per heavy atom. The zero-order valence-electron chi connectivity index (χ0n) is 11.0. The minimum atomic E-state index is 0. The third-order valence-electron chi connectivity index (χ3n) is 2.53. The minimum absolute atomic E-state index is 0. The molecule has 0 saturated heterocycles. The maximum Gasteiger partial charge on any atom is 1.00 e. The smallest absolute Gasteiger partial charge is 0.483 e. The molecule has 0 amide bonds. The van der Waals surface area contributed by atoms with E-state index in [1.54, 1.807) is 6.54 Å². The SMILES string of the molecule is N[CH-]CCCNCCCCCCCCN.[Li+]. The van der Waals surface area contributed by atoms with Crippen molar-refractivity contribution in [2.45, 2.75) is 51.4 Å². The molecule has 0 aromatic carbocycles. The Hall–Kier alpha value is 0.477. The first-order valence-electron chi connectivity index (χ1n) is 6.36. The van der Waals surface area contributed by atoms with Crippen molar-refractivity contribution in [3.05, 3.63) is 6.54 Å². The summed E-state index contributed by atoms with van der Waals surface area (Å²) in [7, 11) is 0. The van der Waals surface area contributed by atoms with Crippen molar-refractivity contribution in [3.8, 4) is 0 Å². The van der Waals surface area contributed by atoms with Gasteiger partial charge in [0.15, 0.2) is 0 Å². The summed E-state index contributed by atoms with van der Waals surface area (Å²) in [5, 5.41) is 3.43. The standard InChI is InChI=1S/C12H28N3.Li/c13-9-5-3-1-2-4-7-11-15-12-8-6-10-14;/h10,15H,1-9,11-14H2;/q-1;+1.